The number of hydrogen-bond donors (Lipinski definition) is 1. The molecule has 0 radical (unpaired) electrons. The van der Waals surface area contributed by atoms with Gasteiger partial charge in [-0.15, -0.1) is 0 Å². The summed E-state index contributed by atoms with van der Waals surface area (Å²) in [5.41, 5.74) is -0.357. The van der Waals surface area contributed by atoms with Crippen LogP contribution in [0.2, 0.25) is 0 Å². The molecule has 0 aliphatic carbocycles. The minimum atomic E-state index is -0.357. The lowest BCUT2D eigenvalue weighted by Gasteiger charge is -2.19. The largest absolute Gasteiger partial charge is 0.299 e. The monoisotopic (exact) mass is 376 g/mol. The Balaban J connectivity index is 0. The normalized spacial score (nSPS) is 13.5. The van der Waals surface area contributed by atoms with Gasteiger partial charge in [0.2, 0.25) is 0 Å². The zero-order chi connectivity index (χ0) is 19.3. The van der Waals surface area contributed by atoms with Crippen LogP contribution >= 0.6 is 24.4 Å². The van der Waals surface area contributed by atoms with Gasteiger partial charge in [-0.3, -0.25) is 14.4 Å². The number of unbranched alkanes of at least 4 members (excludes halogenated alkanes) is 2. The molecule has 0 heterocycles. The average Bonchev–Trinajstić information content (AvgIpc) is 2.47. The van der Waals surface area contributed by atoms with E-state index in [1.807, 2.05) is 20.8 Å². The zero-order valence-electron chi connectivity index (χ0n) is 16.5. The van der Waals surface area contributed by atoms with Crippen molar-refractivity contribution in [3.63, 3.8) is 0 Å². The summed E-state index contributed by atoms with van der Waals surface area (Å²) < 4.78 is 0. The van der Waals surface area contributed by atoms with Crippen molar-refractivity contribution >= 4 is 41.1 Å². The first-order valence-electron chi connectivity index (χ1n) is 8.87. The minimum absolute atomic E-state index is 0.0232. The quantitative estimate of drug-likeness (QED) is 0.540. The van der Waals surface area contributed by atoms with Crippen LogP contribution in [0.25, 0.3) is 0 Å². The van der Waals surface area contributed by atoms with Gasteiger partial charge in [-0.05, 0) is 26.7 Å². The van der Waals surface area contributed by atoms with Crippen LogP contribution in [-0.2, 0) is 14.4 Å². The molecule has 142 valence electrons. The van der Waals surface area contributed by atoms with Gasteiger partial charge in [-0.2, -0.15) is 12.6 Å². The Kier molecular flexibility index (Phi) is 15.1. The van der Waals surface area contributed by atoms with Gasteiger partial charge in [0.15, 0.2) is 5.12 Å². The van der Waals surface area contributed by atoms with Crippen LogP contribution in [0.3, 0.4) is 0 Å². The van der Waals surface area contributed by atoms with Crippen molar-refractivity contribution in [1.29, 1.82) is 0 Å². The Bertz CT molecular complexity index is 387. The van der Waals surface area contributed by atoms with Crippen molar-refractivity contribution < 1.29 is 14.4 Å². The Morgan fingerprint density at radius 3 is 1.71 bits per heavy atom. The topological polar surface area (TPSA) is 51.2 Å². The van der Waals surface area contributed by atoms with Crippen LogP contribution in [-0.4, -0.2) is 27.2 Å². The summed E-state index contributed by atoms with van der Waals surface area (Å²) in [5, 5.41) is -0.0552. The van der Waals surface area contributed by atoms with E-state index in [1.165, 1.54) is 11.8 Å². The molecule has 24 heavy (non-hydrogen) atoms. The molecule has 0 fully saturated rings. The molecule has 0 N–H and O–H groups in total. The summed E-state index contributed by atoms with van der Waals surface area (Å²) in [6.07, 6.45) is 6.06. The first kappa shape index (κ1) is 25.9. The molecule has 0 aliphatic rings. The van der Waals surface area contributed by atoms with Crippen molar-refractivity contribution in [2.24, 2.45) is 5.41 Å². The maximum absolute atomic E-state index is 11.8. The lowest BCUT2D eigenvalue weighted by Crippen LogP contribution is -2.23. The highest BCUT2D eigenvalue weighted by molar-refractivity contribution is 8.14. The smallest absolute Gasteiger partial charge is 0.194 e. The van der Waals surface area contributed by atoms with Crippen LogP contribution in [0.4, 0.5) is 0 Å². The fraction of sp³-hybridized carbons (Fsp3) is 0.842. The molecule has 0 saturated carbocycles. The number of thioether (sulfide) groups is 1. The third-order valence-corrected chi connectivity index (χ3v) is 5.74. The SMILES string of the molecule is CCCCC(S)C(C)=O.CCCCC(SC(=O)C(C)(C)C)C(C)=O. The summed E-state index contributed by atoms with van der Waals surface area (Å²) >= 11 is 5.32. The third kappa shape index (κ3) is 14.1. The fourth-order valence-corrected chi connectivity index (χ4v) is 2.89. The molecule has 0 aliphatic heterocycles. The van der Waals surface area contributed by atoms with Gasteiger partial charge in [-0.1, -0.05) is 72.1 Å². The van der Waals surface area contributed by atoms with Crippen LogP contribution < -0.4 is 0 Å². The maximum atomic E-state index is 11.8. The predicted octanol–water partition coefficient (Wildman–Crippen LogP) is 5.50. The Morgan fingerprint density at radius 2 is 1.38 bits per heavy atom. The second-order valence-corrected chi connectivity index (χ2v) is 8.96. The molecule has 2 unspecified atom stereocenters. The van der Waals surface area contributed by atoms with Gasteiger partial charge in [0.05, 0.1) is 10.5 Å². The summed E-state index contributed by atoms with van der Waals surface area (Å²) in [6, 6.07) is 0. The van der Waals surface area contributed by atoms with E-state index in [0.717, 1.165) is 38.5 Å². The van der Waals surface area contributed by atoms with E-state index >= 15 is 0 Å². The van der Waals surface area contributed by atoms with Crippen LogP contribution in [0.15, 0.2) is 0 Å². The van der Waals surface area contributed by atoms with Gasteiger partial charge in [-0.25, -0.2) is 0 Å². The van der Waals surface area contributed by atoms with E-state index in [-0.39, 0.29) is 32.6 Å². The van der Waals surface area contributed by atoms with E-state index in [4.69, 9.17) is 0 Å². The number of ketones is 2. The summed E-state index contributed by atoms with van der Waals surface area (Å²) in [6.45, 7) is 13.0. The number of Topliss-reactive ketones (excluding diaryl/α,β-unsaturated/α-hetero) is 2. The highest BCUT2D eigenvalue weighted by Crippen LogP contribution is 2.28. The standard InChI is InChI=1S/C12H22O2S.C7H14OS/c1-6-7-8-10(9(2)13)15-11(14)12(3,4)5;1-3-4-5-7(9)6(2)8/h10H,6-8H2,1-5H3;7,9H,3-5H2,1-2H3. The summed E-state index contributed by atoms with van der Waals surface area (Å²) in [5.74, 6) is 0.304. The second kappa shape index (κ2) is 13.9. The van der Waals surface area contributed by atoms with Crippen LogP contribution in [0.1, 0.15) is 87.0 Å². The van der Waals surface area contributed by atoms with Crippen molar-refractivity contribution in [3.8, 4) is 0 Å². The van der Waals surface area contributed by atoms with E-state index in [9.17, 15) is 14.4 Å². The average molecular weight is 377 g/mol. The first-order chi connectivity index (χ1) is 11.0. The van der Waals surface area contributed by atoms with Gasteiger partial charge in [0.1, 0.15) is 11.6 Å². The molecule has 0 aromatic rings. The summed E-state index contributed by atoms with van der Waals surface area (Å²) in [7, 11) is 0. The van der Waals surface area contributed by atoms with Crippen molar-refractivity contribution in [3.05, 3.63) is 0 Å². The van der Waals surface area contributed by atoms with Crippen LogP contribution in [0.5, 0.6) is 0 Å². The van der Waals surface area contributed by atoms with Gasteiger partial charge >= 0.3 is 0 Å². The molecule has 3 nitrogen and oxygen atoms in total. The first-order valence-corrected chi connectivity index (χ1v) is 10.3. The molecule has 0 aromatic carbocycles. The number of carbonyl (C=O) groups excluding carboxylic acids is 3. The zero-order valence-corrected chi connectivity index (χ0v) is 18.2. The Hall–Kier alpha value is -0.290. The maximum Gasteiger partial charge on any atom is 0.194 e. The fourth-order valence-electron chi connectivity index (χ4n) is 1.64. The highest BCUT2D eigenvalue weighted by Gasteiger charge is 2.27. The molecule has 0 saturated heterocycles. The number of hydrogen-bond acceptors (Lipinski definition) is 5. The van der Waals surface area contributed by atoms with Crippen molar-refractivity contribution in [2.45, 2.75) is 97.5 Å². The van der Waals surface area contributed by atoms with Crippen molar-refractivity contribution in [2.75, 3.05) is 0 Å². The van der Waals surface area contributed by atoms with Gasteiger partial charge in [0.25, 0.3) is 0 Å². The molecular formula is C19H36O3S2. The molecule has 0 bridgehead atoms. The molecule has 5 heteroatoms. The molecule has 2 atom stereocenters. The van der Waals surface area contributed by atoms with Gasteiger partial charge < -0.3 is 0 Å². The third-order valence-electron chi connectivity index (χ3n) is 3.44. The Morgan fingerprint density at radius 1 is 0.917 bits per heavy atom. The molecule has 0 spiro atoms. The molecule has 0 rings (SSSR count). The molecule has 0 aromatic heterocycles. The second-order valence-electron chi connectivity index (χ2n) is 7.17. The number of rotatable bonds is 9. The minimum Gasteiger partial charge on any atom is -0.299 e. The number of thiol groups is 1. The van der Waals surface area contributed by atoms with E-state index in [2.05, 4.69) is 26.5 Å². The lowest BCUT2D eigenvalue weighted by atomic mass is 9.99. The highest BCUT2D eigenvalue weighted by atomic mass is 32.2. The van der Waals surface area contributed by atoms with Gasteiger partial charge in [0, 0.05) is 5.41 Å². The van der Waals surface area contributed by atoms with E-state index < -0.39 is 0 Å². The lowest BCUT2D eigenvalue weighted by molar-refractivity contribution is -0.119. The van der Waals surface area contributed by atoms with Crippen LogP contribution in [0, 0.1) is 5.41 Å². The number of carbonyl (C=O) groups is 3. The van der Waals surface area contributed by atoms with E-state index in [1.54, 1.807) is 13.8 Å². The van der Waals surface area contributed by atoms with Crippen molar-refractivity contribution in [1.82, 2.24) is 0 Å². The predicted molar refractivity (Wildman–Crippen MR) is 109 cm³/mol. The molecular weight excluding hydrogens is 340 g/mol. The van der Waals surface area contributed by atoms with E-state index in [0.29, 0.717) is 0 Å². The summed E-state index contributed by atoms with van der Waals surface area (Å²) in [4.78, 5) is 33.7. The molecule has 0 amide bonds. The Labute approximate surface area is 158 Å².